The lowest BCUT2D eigenvalue weighted by Crippen LogP contribution is -1.99. The predicted octanol–water partition coefficient (Wildman–Crippen LogP) is 1.71. The topological polar surface area (TPSA) is 12.9 Å². The van der Waals surface area contributed by atoms with Gasteiger partial charge in [0.05, 0.1) is 5.44 Å². The van der Waals surface area contributed by atoms with E-state index < -0.39 is 0 Å². The van der Waals surface area contributed by atoms with Gasteiger partial charge in [0.15, 0.2) is 0 Å². The molecule has 1 atom stereocenters. The van der Waals surface area contributed by atoms with Gasteiger partial charge in [-0.1, -0.05) is 23.1 Å². The number of aromatic nitrogens is 1. The first-order valence-corrected chi connectivity index (χ1v) is 3.99. The highest BCUT2D eigenvalue weighted by Gasteiger charge is 1.97. The summed E-state index contributed by atoms with van der Waals surface area (Å²) in [5.74, 6) is 0.599. The number of hydrogen-bond donors (Lipinski definition) is 0. The maximum atomic E-state index is 4.09. The molecule has 0 aliphatic heterocycles. The Morgan fingerprint density at radius 1 is 1.50 bits per heavy atom. The normalized spacial score (nSPS) is 10.4. The fourth-order valence-electron chi connectivity index (χ4n) is 0.825. The van der Waals surface area contributed by atoms with Gasteiger partial charge in [-0.15, -0.1) is 0 Å². The van der Waals surface area contributed by atoms with Crippen LogP contribution in [0, 0.1) is 0 Å². The van der Waals surface area contributed by atoms with Crippen molar-refractivity contribution in [3.05, 3.63) is 23.9 Å². The lowest BCUT2D eigenvalue weighted by molar-refractivity contribution is 0.865. The molecule has 0 saturated heterocycles. The van der Waals surface area contributed by atoms with Crippen molar-refractivity contribution in [3.63, 3.8) is 0 Å². The van der Waals surface area contributed by atoms with Crippen LogP contribution in [-0.2, 0) is 0 Å². The molecule has 0 fully saturated rings. The third-order valence-corrected chi connectivity index (χ3v) is 1.79. The van der Waals surface area contributed by atoms with Gasteiger partial charge in [0.1, 0.15) is 0 Å². The molecule has 1 unspecified atom stereocenters. The summed E-state index contributed by atoms with van der Waals surface area (Å²) in [6, 6.07) is 4.15. The van der Waals surface area contributed by atoms with Crippen LogP contribution in [0.1, 0.15) is 25.3 Å². The minimum atomic E-state index is 0.599. The van der Waals surface area contributed by atoms with E-state index in [9.17, 15) is 0 Å². The fraction of sp³-hybridized carbons (Fsp3) is 0.375. The molecule has 0 radical (unpaired) electrons. The Bertz CT molecular complexity index is 220. The van der Waals surface area contributed by atoms with E-state index in [1.165, 1.54) is 5.56 Å². The Morgan fingerprint density at radius 2 is 2.20 bits per heavy atom. The van der Waals surface area contributed by atoms with Crippen LogP contribution in [0.4, 0.5) is 0 Å². The molecule has 10 heavy (non-hydrogen) atoms. The van der Waals surface area contributed by atoms with Crippen LogP contribution in [0.3, 0.4) is 0 Å². The molecule has 1 rings (SSSR count). The number of rotatable bonds is 1. The maximum Gasteiger partial charge on any atom is 0.0571 e. The highest BCUT2D eigenvalue weighted by molar-refractivity contribution is 7.26. The SMILES string of the molecule is CC(C)c1ccnc(P)c1. The van der Waals surface area contributed by atoms with Crippen molar-refractivity contribution in [3.8, 4) is 0 Å². The van der Waals surface area contributed by atoms with Crippen molar-refractivity contribution in [1.82, 2.24) is 4.98 Å². The number of nitrogens with zero attached hydrogens (tertiary/aromatic N) is 1. The van der Waals surface area contributed by atoms with E-state index in [4.69, 9.17) is 0 Å². The fourth-order valence-corrected chi connectivity index (χ4v) is 1.10. The van der Waals surface area contributed by atoms with Crippen molar-refractivity contribution < 1.29 is 0 Å². The summed E-state index contributed by atoms with van der Waals surface area (Å²) in [6.07, 6.45) is 1.84. The Hall–Kier alpha value is -0.420. The predicted molar refractivity (Wildman–Crippen MR) is 47.7 cm³/mol. The smallest absolute Gasteiger partial charge is 0.0571 e. The van der Waals surface area contributed by atoms with Gasteiger partial charge >= 0.3 is 0 Å². The van der Waals surface area contributed by atoms with E-state index >= 15 is 0 Å². The third kappa shape index (κ3) is 1.78. The monoisotopic (exact) mass is 153 g/mol. The Morgan fingerprint density at radius 3 is 2.60 bits per heavy atom. The van der Waals surface area contributed by atoms with Crippen molar-refractivity contribution in [2.24, 2.45) is 0 Å². The quantitative estimate of drug-likeness (QED) is 0.559. The minimum absolute atomic E-state index is 0.599. The second-order valence-corrected chi connectivity index (χ2v) is 3.26. The average Bonchev–Trinajstić information content (AvgIpc) is 1.88. The first kappa shape index (κ1) is 7.68. The van der Waals surface area contributed by atoms with Crippen LogP contribution < -0.4 is 5.44 Å². The molecule has 0 spiro atoms. The second kappa shape index (κ2) is 3.12. The van der Waals surface area contributed by atoms with Gasteiger partial charge in [-0.2, -0.15) is 0 Å². The van der Waals surface area contributed by atoms with Gasteiger partial charge in [0.2, 0.25) is 0 Å². The molecule has 1 aromatic heterocycles. The van der Waals surface area contributed by atoms with E-state index in [2.05, 4.69) is 40.2 Å². The summed E-state index contributed by atoms with van der Waals surface area (Å²) < 4.78 is 0. The molecule has 0 aliphatic rings. The zero-order chi connectivity index (χ0) is 7.56. The summed E-state index contributed by atoms with van der Waals surface area (Å²) in [5.41, 5.74) is 2.37. The summed E-state index contributed by atoms with van der Waals surface area (Å²) in [5, 5.41) is 0. The van der Waals surface area contributed by atoms with Crippen LogP contribution in [0.5, 0.6) is 0 Å². The molecular weight excluding hydrogens is 141 g/mol. The lowest BCUT2D eigenvalue weighted by Gasteiger charge is -2.03. The van der Waals surface area contributed by atoms with Crippen molar-refractivity contribution in [2.45, 2.75) is 19.8 Å². The zero-order valence-corrected chi connectivity index (χ0v) is 7.49. The van der Waals surface area contributed by atoms with Crippen LogP contribution in [-0.4, -0.2) is 4.98 Å². The van der Waals surface area contributed by atoms with Crippen LogP contribution in [0.2, 0.25) is 0 Å². The van der Waals surface area contributed by atoms with E-state index in [-0.39, 0.29) is 0 Å². The highest BCUT2D eigenvalue weighted by Crippen LogP contribution is 2.11. The summed E-state index contributed by atoms with van der Waals surface area (Å²) in [7, 11) is 2.60. The first-order chi connectivity index (χ1) is 4.70. The Kier molecular flexibility index (Phi) is 2.39. The van der Waals surface area contributed by atoms with Crippen LogP contribution in [0.15, 0.2) is 18.3 Å². The molecule has 0 N–H and O–H groups in total. The van der Waals surface area contributed by atoms with Crippen molar-refractivity contribution in [2.75, 3.05) is 0 Å². The van der Waals surface area contributed by atoms with E-state index in [0.29, 0.717) is 5.92 Å². The zero-order valence-electron chi connectivity index (χ0n) is 6.33. The molecule has 0 saturated carbocycles. The Balaban J connectivity index is 2.96. The first-order valence-electron chi connectivity index (χ1n) is 3.41. The highest BCUT2D eigenvalue weighted by atomic mass is 31.0. The number of pyridine rings is 1. The third-order valence-electron chi connectivity index (χ3n) is 1.47. The van der Waals surface area contributed by atoms with E-state index in [0.717, 1.165) is 5.44 Å². The van der Waals surface area contributed by atoms with Gasteiger partial charge in [0.25, 0.3) is 0 Å². The van der Waals surface area contributed by atoms with Crippen molar-refractivity contribution in [1.29, 1.82) is 0 Å². The van der Waals surface area contributed by atoms with E-state index in [1.807, 2.05) is 6.20 Å². The molecule has 0 aliphatic carbocycles. The van der Waals surface area contributed by atoms with Gasteiger partial charge in [0, 0.05) is 6.20 Å². The molecule has 2 heteroatoms. The molecule has 0 bridgehead atoms. The summed E-state index contributed by atoms with van der Waals surface area (Å²) >= 11 is 0. The maximum absolute atomic E-state index is 4.09. The molecule has 0 aromatic carbocycles. The molecular formula is C8H12NP. The minimum Gasteiger partial charge on any atom is -0.257 e. The standard InChI is InChI=1S/C8H12NP/c1-6(2)7-3-4-9-8(10)5-7/h3-6H,10H2,1-2H3. The molecule has 1 heterocycles. The van der Waals surface area contributed by atoms with E-state index in [1.54, 1.807) is 0 Å². The number of hydrogen-bond acceptors (Lipinski definition) is 1. The molecule has 1 aromatic rings. The summed E-state index contributed by atoms with van der Waals surface area (Å²) in [4.78, 5) is 4.09. The van der Waals surface area contributed by atoms with Gasteiger partial charge < -0.3 is 0 Å². The Labute approximate surface area is 64.1 Å². The molecule has 54 valence electrons. The van der Waals surface area contributed by atoms with Gasteiger partial charge in [-0.05, 0) is 23.6 Å². The largest absolute Gasteiger partial charge is 0.257 e. The van der Waals surface area contributed by atoms with Crippen molar-refractivity contribution >= 4 is 14.7 Å². The summed E-state index contributed by atoms with van der Waals surface area (Å²) in [6.45, 7) is 4.36. The second-order valence-electron chi connectivity index (χ2n) is 2.67. The molecule has 1 nitrogen and oxygen atoms in total. The molecule has 0 amide bonds. The van der Waals surface area contributed by atoms with Gasteiger partial charge in [-0.25, -0.2) is 0 Å². The van der Waals surface area contributed by atoms with Crippen LogP contribution >= 0.6 is 9.24 Å². The van der Waals surface area contributed by atoms with Gasteiger partial charge in [-0.3, -0.25) is 4.98 Å². The van der Waals surface area contributed by atoms with Crippen LogP contribution in [0.25, 0.3) is 0 Å². The average molecular weight is 153 g/mol. The lowest BCUT2D eigenvalue weighted by atomic mass is 10.1.